The minimum absolute atomic E-state index is 0.285. The van der Waals surface area contributed by atoms with Gasteiger partial charge in [-0.2, -0.15) is 0 Å². The van der Waals surface area contributed by atoms with Gasteiger partial charge in [0.15, 0.2) is 5.78 Å². The normalized spacial score (nSPS) is 20.0. The van der Waals surface area contributed by atoms with Crippen LogP contribution in [0.5, 0.6) is 0 Å². The minimum atomic E-state index is 0.285. The second kappa shape index (κ2) is 26.0. The lowest BCUT2D eigenvalue weighted by Gasteiger charge is -2.32. The van der Waals surface area contributed by atoms with E-state index in [1.165, 1.54) is 124 Å². The number of carbonyl (C=O) groups excluding carboxylic acids is 1. The fourth-order valence-corrected chi connectivity index (χ4v) is 8.37. The van der Waals surface area contributed by atoms with Crippen molar-refractivity contribution in [2.45, 2.75) is 185 Å². The van der Waals surface area contributed by atoms with E-state index in [1.54, 1.807) is 11.1 Å². The van der Waals surface area contributed by atoms with Crippen molar-refractivity contribution in [3.63, 3.8) is 0 Å². The van der Waals surface area contributed by atoms with E-state index in [-0.39, 0.29) is 11.2 Å². The molecule has 0 fully saturated rings. The Morgan fingerprint density at radius 2 is 1.30 bits per heavy atom. The number of hydrogen-bond acceptors (Lipinski definition) is 1. The number of carbonyl (C=O) groups is 1. The van der Waals surface area contributed by atoms with Gasteiger partial charge in [0.1, 0.15) is 0 Å². The molecule has 0 bridgehead atoms. The summed E-state index contributed by atoms with van der Waals surface area (Å²) in [4.78, 5) is 13.3. The topological polar surface area (TPSA) is 17.1 Å². The Kier molecular flexibility index (Phi) is 22.8. The highest BCUT2D eigenvalue weighted by molar-refractivity contribution is 5.90. The fourth-order valence-electron chi connectivity index (χ4n) is 8.37. The van der Waals surface area contributed by atoms with Crippen LogP contribution in [0, 0.1) is 23.2 Å². The zero-order valence-electron chi connectivity index (χ0n) is 37.1. The van der Waals surface area contributed by atoms with E-state index < -0.39 is 0 Å². The van der Waals surface area contributed by atoms with Gasteiger partial charge in [0.05, 0.1) is 0 Å². The first-order chi connectivity index (χ1) is 25.7. The van der Waals surface area contributed by atoms with Crippen molar-refractivity contribution in [1.29, 1.82) is 0 Å². The fraction of sp³-hybridized carbons (Fsp3) is 0.604. The number of rotatable bonds is 23. The van der Waals surface area contributed by atoms with Crippen molar-refractivity contribution in [3.8, 4) is 0 Å². The van der Waals surface area contributed by atoms with Gasteiger partial charge < -0.3 is 0 Å². The molecular formula is C53H82O. The molecule has 1 heteroatoms. The summed E-state index contributed by atoms with van der Waals surface area (Å²) in [7, 11) is 0. The van der Waals surface area contributed by atoms with E-state index in [0.29, 0.717) is 24.2 Å². The third kappa shape index (κ3) is 19.6. The summed E-state index contributed by atoms with van der Waals surface area (Å²) in [5.74, 6) is 1.92. The number of ketones is 1. The molecule has 0 amide bonds. The number of unbranched alkanes of at least 4 members (excludes halogenated alkanes) is 4. The van der Waals surface area contributed by atoms with Gasteiger partial charge in [-0.3, -0.25) is 4.79 Å². The maximum Gasteiger partial charge on any atom is 0.156 e. The Morgan fingerprint density at radius 3 is 1.96 bits per heavy atom. The first-order valence-electron chi connectivity index (χ1n) is 22.1. The molecule has 0 heterocycles. The summed E-state index contributed by atoms with van der Waals surface area (Å²) < 4.78 is 0. The lowest BCUT2D eigenvalue weighted by Crippen LogP contribution is -2.19. The number of hydrogen-bond donors (Lipinski definition) is 0. The van der Waals surface area contributed by atoms with Gasteiger partial charge in [0.2, 0.25) is 0 Å². The van der Waals surface area contributed by atoms with Crippen LogP contribution in [0.15, 0.2) is 117 Å². The van der Waals surface area contributed by atoms with Gasteiger partial charge in [0, 0.05) is 6.42 Å². The summed E-state index contributed by atoms with van der Waals surface area (Å²) in [6, 6.07) is 0. The highest BCUT2D eigenvalue weighted by Gasteiger charge is 2.26. The quantitative estimate of drug-likeness (QED) is 0.0580. The maximum absolute atomic E-state index is 13.3. The maximum atomic E-state index is 13.3. The Hall–Kier alpha value is -2.93. The summed E-state index contributed by atoms with van der Waals surface area (Å²) in [5, 5.41) is 0. The molecule has 0 saturated carbocycles. The minimum Gasteiger partial charge on any atom is -0.295 e. The van der Waals surface area contributed by atoms with Crippen molar-refractivity contribution in [3.05, 3.63) is 117 Å². The third-order valence-electron chi connectivity index (χ3n) is 12.0. The van der Waals surface area contributed by atoms with Crippen molar-refractivity contribution in [2.24, 2.45) is 23.2 Å². The highest BCUT2D eigenvalue weighted by atomic mass is 16.1. The smallest absolute Gasteiger partial charge is 0.156 e. The molecule has 54 heavy (non-hydrogen) atoms. The van der Waals surface area contributed by atoms with Crippen LogP contribution in [0.1, 0.15) is 185 Å². The molecule has 1 nitrogen and oxygen atoms in total. The zero-order chi connectivity index (χ0) is 39.9. The molecule has 300 valence electrons. The molecule has 0 spiro atoms. The van der Waals surface area contributed by atoms with Gasteiger partial charge in [-0.15, -0.1) is 0 Å². The van der Waals surface area contributed by atoms with Gasteiger partial charge in [-0.25, -0.2) is 0 Å². The van der Waals surface area contributed by atoms with Crippen molar-refractivity contribution in [2.75, 3.05) is 0 Å². The first kappa shape index (κ1) is 47.2. The van der Waals surface area contributed by atoms with Crippen LogP contribution in [0.4, 0.5) is 0 Å². The second-order valence-electron chi connectivity index (χ2n) is 18.0. The SMILES string of the molecule is CCCCCC(C)C(CCCCCC(C)/C=C(C)/C=C/C=C(C)/C=C/C1=C(C)CCCC1(C)C)CC(=O)/C=C(C)/C=C/C=C(C)/C=C/C1=C(C)CCCC1. The molecule has 0 aromatic rings. The molecule has 2 rings (SSSR count). The standard InChI is InChI=1S/C53H82O/c1-12-13-15-28-47(8)50(40-51(54)39-45(6)27-21-24-41(2)33-35-49-31-19-18-29-46(49)7)32-17-14-16-23-43(4)38-44(5)26-20-25-42(3)34-36-52-48(9)30-22-37-53(52,10)11/h20-21,24-27,33-36,38-39,43,47,50H,12-19,22-23,28-32,37,40H2,1-11H3/b26-20+,27-21+,35-33+,36-34+,41-24+,42-25+,44-38+,45-39+. The van der Waals surface area contributed by atoms with E-state index in [9.17, 15) is 4.79 Å². The van der Waals surface area contributed by atoms with E-state index in [0.717, 1.165) is 12.0 Å². The van der Waals surface area contributed by atoms with Crippen LogP contribution < -0.4 is 0 Å². The van der Waals surface area contributed by atoms with Crippen LogP contribution in [-0.4, -0.2) is 5.78 Å². The van der Waals surface area contributed by atoms with Gasteiger partial charge in [-0.1, -0.05) is 174 Å². The number of allylic oxidation sites excluding steroid dienone is 20. The van der Waals surface area contributed by atoms with Crippen LogP contribution >= 0.6 is 0 Å². The molecule has 0 radical (unpaired) electrons. The lowest BCUT2D eigenvalue weighted by atomic mass is 9.72. The molecule has 2 aliphatic carbocycles. The van der Waals surface area contributed by atoms with Crippen molar-refractivity contribution >= 4 is 5.78 Å². The molecule has 3 unspecified atom stereocenters. The van der Waals surface area contributed by atoms with Crippen molar-refractivity contribution in [1.82, 2.24) is 0 Å². The molecule has 0 aromatic heterocycles. The highest BCUT2D eigenvalue weighted by Crippen LogP contribution is 2.41. The largest absolute Gasteiger partial charge is 0.295 e. The average Bonchev–Trinajstić information content (AvgIpc) is 3.10. The summed E-state index contributed by atoms with van der Waals surface area (Å²) in [5.41, 5.74) is 11.3. The Bertz CT molecular complexity index is 1470. The second-order valence-corrected chi connectivity index (χ2v) is 18.0. The molecule has 3 atom stereocenters. The Balaban J connectivity index is 1.85. The Morgan fingerprint density at radius 1 is 0.685 bits per heavy atom. The summed E-state index contributed by atoms with van der Waals surface area (Å²) in [6.07, 6.45) is 47.2. The summed E-state index contributed by atoms with van der Waals surface area (Å²) >= 11 is 0. The van der Waals surface area contributed by atoms with Crippen LogP contribution in [0.2, 0.25) is 0 Å². The van der Waals surface area contributed by atoms with E-state index in [4.69, 9.17) is 0 Å². The van der Waals surface area contributed by atoms with Gasteiger partial charge in [0.25, 0.3) is 0 Å². The van der Waals surface area contributed by atoms with E-state index in [1.807, 2.05) is 6.08 Å². The third-order valence-corrected chi connectivity index (χ3v) is 12.0. The molecule has 0 aromatic carbocycles. The van der Waals surface area contributed by atoms with Gasteiger partial charge in [-0.05, 0) is 145 Å². The molecular weight excluding hydrogens is 653 g/mol. The lowest BCUT2D eigenvalue weighted by molar-refractivity contribution is -0.116. The zero-order valence-corrected chi connectivity index (χ0v) is 37.1. The van der Waals surface area contributed by atoms with Crippen molar-refractivity contribution < 1.29 is 4.79 Å². The van der Waals surface area contributed by atoms with Crippen LogP contribution in [-0.2, 0) is 4.79 Å². The average molecular weight is 735 g/mol. The molecule has 0 aliphatic heterocycles. The van der Waals surface area contributed by atoms with E-state index >= 15 is 0 Å². The van der Waals surface area contributed by atoms with Gasteiger partial charge >= 0.3 is 0 Å². The molecule has 0 saturated heterocycles. The monoisotopic (exact) mass is 735 g/mol. The predicted octanol–water partition coefficient (Wildman–Crippen LogP) is 16.8. The van der Waals surface area contributed by atoms with E-state index in [2.05, 4.69) is 143 Å². The molecule has 0 N–H and O–H groups in total. The predicted molar refractivity (Wildman–Crippen MR) is 242 cm³/mol. The van der Waals surface area contributed by atoms with Crippen LogP contribution in [0.3, 0.4) is 0 Å². The first-order valence-corrected chi connectivity index (χ1v) is 22.1. The summed E-state index contributed by atoms with van der Waals surface area (Å²) in [6.45, 7) is 25.0. The Labute approximate surface area is 335 Å². The molecule has 2 aliphatic rings. The van der Waals surface area contributed by atoms with Crippen LogP contribution in [0.25, 0.3) is 0 Å².